The van der Waals surface area contributed by atoms with Crippen LogP contribution in [-0.4, -0.2) is 81.8 Å². The largest absolute Gasteiger partial charge is 0.465 e. The van der Waals surface area contributed by atoms with Crippen molar-refractivity contribution in [1.82, 2.24) is 9.80 Å². The van der Waals surface area contributed by atoms with Gasteiger partial charge in [0.2, 0.25) is 11.8 Å². The Hall–Kier alpha value is -2.19. The van der Waals surface area contributed by atoms with Crippen molar-refractivity contribution in [2.45, 2.75) is 82.6 Å². The number of esters is 1. The number of ether oxygens (including phenoxy) is 2. The third-order valence-corrected chi connectivity index (χ3v) is 7.68. The molecule has 5 atom stereocenters. The summed E-state index contributed by atoms with van der Waals surface area (Å²) in [5.41, 5.74) is -2.42. The first kappa shape index (κ1) is 26.4. The molecule has 0 aliphatic carbocycles. The summed E-state index contributed by atoms with van der Waals surface area (Å²) in [5.74, 6) is -2.47. The van der Waals surface area contributed by atoms with E-state index in [1.807, 2.05) is 27.7 Å². The summed E-state index contributed by atoms with van der Waals surface area (Å²) in [6.45, 7) is 15.9. The second-order valence-electron chi connectivity index (χ2n) is 10.6. The minimum Gasteiger partial charge on any atom is -0.465 e. The normalized spacial score (nSPS) is 32.0. The van der Waals surface area contributed by atoms with Crippen LogP contribution in [0.1, 0.15) is 59.8 Å². The Labute approximate surface area is 202 Å². The summed E-state index contributed by atoms with van der Waals surface area (Å²) in [5, 5.41) is 9.47. The summed E-state index contributed by atoms with van der Waals surface area (Å²) >= 11 is 0. The van der Waals surface area contributed by atoms with E-state index in [4.69, 9.17) is 9.47 Å². The van der Waals surface area contributed by atoms with Crippen molar-refractivity contribution in [3.05, 3.63) is 25.3 Å². The first-order valence-corrected chi connectivity index (χ1v) is 12.4. The van der Waals surface area contributed by atoms with Crippen LogP contribution in [0.2, 0.25) is 0 Å². The number of fused-ring (bicyclic) bond motifs is 1. The number of likely N-dealkylation sites (tertiary alicyclic amines) is 1. The number of carbonyl (C=O) groups excluding carboxylic acids is 3. The van der Waals surface area contributed by atoms with Crippen LogP contribution in [0.5, 0.6) is 0 Å². The molecule has 0 aromatic rings. The van der Waals surface area contributed by atoms with Gasteiger partial charge < -0.3 is 24.4 Å². The molecule has 3 aliphatic heterocycles. The molecule has 1 N–H and O–H groups in total. The van der Waals surface area contributed by atoms with E-state index in [2.05, 4.69) is 13.2 Å². The minimum atomic E-state index is -1.09. The lowest BCUT2D eigenvalue weighted by molar-refractivity contribution is -0.162. The first-order chi connectivity index (χ1) is 16.0. The summed E-state index contributed by atoms with van der Waals surface area (Å²) in [6.07, 6.45) is 5.86. The van der Waals surface area contributed by atoms with Crippen LogP contribution in [0.3, 0.4) is 0 Å². The van der Waals surface area contributed by atoms with E-state index in [0.29, 0.717) is 38.6 Å². The zero-order valence-corrected chi connectivity index (χ0v) is 21.0. The number of nitrogens with zero attached hydrogens (tertiary/aromatic N) is 2. The summed E-state index contributed by atoms with van der Waals surface area (Å²) in [4.78, 5) is 44.5. The third-order valence-electron chi connectivity index (χ3n) is 7.68. The van der Waals surface area contributed by atoms with Gasteiger partial charge in [0.05, 0.1) is 18.1 Å². The predicted molar refractivity (Wildman–Crippen MR) is 128 cm³/mol. The molecule has 1 spiro atoms. The van der Waals surface area contributed by atoms with Gasteiger partial charge in [0.15, 0.2) is 0 Å². The highest BCUT2D eigenvalue weighted by molar-refractivity contribution is 5.98. The first-order valence-electron chi connectivity index (χ1n) is 12.4. The highest BCUT2D eigenvalue weighted by Gasteiger charge is 2.79. The van der Waals surface area contributed by atoms with Gasteiger partial charge in [-0.25, -0.2) is 0 Å². The van der Waals surface area contributed by atoms with E-state index in [1.165, 1.54) is 0 Å². The second-order valence-corrected chi connectivity index (χ2v) is 10.6. The van der Waals surface area contributed by atoms with E-state index >= 15 is 0 Å². The quantitative estimate of drug-likeness (QED) is 0.280. The van der Waals surface area contributed by atoms with E-state index in [0.717, 1.165) is 0 Å². The van der Waals surface area contributed by atoms with Crippen LogP contribution in [0.15, 0.2) is 25.3 Å². The molecule has 2 amide bonds. The Kier molecular flexibility index (Phi) is 7.63. The molecule has 3 aliphatic rings. The number of carbonyl (C=O) groups is 3. The predicted octanol–water partition coefficient (Wildman–Crippen LogP) is 2.46. The number of hydrogen-bond acceptors (Lipinski definition) is 6. The fraction of sp³-hybridized carbons (Fsp3) is 0.731. The Balaban J connectivity index is 2.07. The molecule has 34 heavy (non-hydrogen) atoms. The topological polar surface area (TPSA) is 96.4 Å². The van der Waals surface area contributed by atoms with E-state index < -0.39 is 40.6 Å². The molecule has 0 radical (unpaired) electrons. The van der Waals surface area contributed by atoms with Gasteiger partial charge in [0.1, 0.15) is 17.6 Å². The SMILES string of the molecule is C=CCCOC(=O)[C@@H]1[C@H]2C(=O)N(CCCO)C(C(=O)N(CC=C)C(C)(C)C)C23CC[C@@]1(CC)O3. The standard InChI is InChI=1S/C26H40N2O6/c1-7-10-17-33-23(32)19-18-21(30)27(15-11-16-29)20(22(31)28(14-8-2)24(4,5)6)26(18)13-12-25(19,9-3)34-26/h7-8,18-20,29H,1-2,9-17H2,3-6H3/t18-,19-,20?,25+,26?/m0/s1. The molecule has 3 saturated heterocycles. The molecule has 8 heteroatoms. The molecular weight excluding hydrogens is 436 g/mol. The molecule has 3 rings (SSSR count). The lowest BCUT2D eigenvalue weighted by Gasteiger charge is -2.42. The van der Waals surface area contributed by atoms with Crippen molar-refractivity contribution >= 4 is 17.8 Å². The molecule has 3 fully saturated rings. The van der Waals surface area contributed by atoms with Gasteiger partial charge in [-0.3, -0.25) is 14.4 Å². The fourth-order valence-corrected chi connectivity index (χ4v) is 6.14. The van der Waals surface area contributed by atoms with Gasteiger partial charge >= 0.3 is 5.97 Å². The number of aliphatic hydroxyl groups excluding tert-OH is 1. The molecule has 0 aromatic heterocycles. The number of aliphatic hydroxyl groups is 1. The van der Waals surface area contributed by atoms with Gasteiger partial charge in [-0.05, 0) is 52.9 Å². The van der Waals surface area contributed by atoms with Crippen LogP contribution >= 0.6 is 0 Å². The number of rotatable bonds is 11. The van der Waals surface area contributed by atoms with E-state index in [1.54, 1.807) is 22.0 Å². The Morgan fingerprint density at radius 2 is 2.00 bits per heavy atom. The summed E-state index contributed by atoms with van der Waals surface area (Å²) in [6, 6.07) is -0.866. The monoisotopic (exact) mass is 476 g/mol. The maximum atomic E-state index is 14.1. The highest BCUT2D eigenvalue weighted by atomic mass is 16.6. The van der Waals surface area contributed by atoms with Crippen molar-refractivity contribution in [3.63, 3.8) is 0 Å². The fourth-order valence-electron chi connectivity index (χ4n) is 6.14. The molecule has 0 aromatic carbocycles. The van der Waals surface area contributed by atoms with Crippen LogP contribution in [0, 0.1) is 11.8 Å². The Bertz CT molecular complexity index is 836. The lowest BCUT2D eigenvalue weighted by atomic mass is 9.65. The average molecular weight is 477 g/mol. The maximum Gasteiger partial charge on any atom is 0.312 e. The van der Waals surface area contributed by atoms with Gasteiger partial charge in [-0.15, -0.1) is 13.2 Å². The lowest BCUT2D eigenvalue weighted by Crippen LogP contribution is -2.60. The molecule has 0 saturated carbocycles. The number of amides is 2. The van der Waals surface area contributed by atoms with E-state index in [-0.39, 0.29) is 31.6 Å². The zero-order valence-electron chi connectivity index (χ0n) is 21.0. The highest BCUT2D eigenvalue weighted by Crippen LogP contribution is 2.64. The zero-order chi connectivity index (χ0) is 25.3. The Morgan fingerprint density at radius 1 is 1.29 bits per heavy atom. The van der Waals surface area contributed by atoms with Crippen molar-refractivity contribution in [2.24, 2.45) is 11.8 Å². The van der Waals surface area contributed by atoms with Crippen molar-refractivity contribution < 1.29 is 29.0 Å². The molecule has 190 valence electrons. The summed E-state index contributed by atoms with van der Waals surface area (Å²) in [7, 11) is 0. The van der Waals surface area contributed by atoms with Gasteiger partial charge in [0.25, 0.3) is 0 Å². The Morgan fingerprint density at radius 3 is 2.56 bits per heavy atom. The van der Waals surface area contributed by atoms with Crippen LogP contribution < -0.4 is 0 Å². The third kappa shape index (κ3) is 4.09. The minimum absolute atomic E-state index is 0.106. The van der Waals surface area contributed by atoms with Crippen LogP contribution in [0.4, 0.5) is 0 Å². The van der Waals surface area contributed by atoms with Gasteiger partial charge in [-0.2, -0.15) is 0 Å². The smallest absolute Gasteiger partial charge is 0.312 e. The molecule has 8 nitrogen and oxygen atoms in total. The number of hydrogen-bond donors (Lipinski definition) is 1. The molecular formula is C26H40N2O6. The van der Waals surface area contributed by atoms with E-state index in [9.17, 15) is 19.5 Å². The van der Waals surface area contributed by atoms with Gasteiger partial charge in [0, 0.05) is 25.2 Å². The van der Waals surface area contributed by atoms with Crippen LogP contribution in [-0.2, 0) is 23.9 Å². The molecule has 3 heterocycles. The summed E-state index contributed by atoms with van der Waals surface area (Å²) < 4.78 is 12.2. The molecule has 2 bridgehead atoms. The van der Waals surface area contributed by atoms with Gasteiger partial charge in [-0.1, -0.05) is 19.1 Å². The van der Waals surface area contributed by atoms with Crippen molar-refractivity contribution in [1.29, 1.82) is 0 Å². The van der Waals surface area contributed by atoms with Crippen LogP contribution in [0.25, 0.3) is 0 Å². The van der Waals surface area contributed by atoms with Crippen molar-refractivity contribution in [3.8, 4) is 0 Å². The second kappa shape index (κ2) is 9.82. The molecule has 2 unspecified atom stereocenters. The maximum absolute atomic E-state index is 14.1. The van der Waals surface area contributed by atoms with Crippen molar-refractivity contribution in [2.75, 3.05) is 26.3 Å². The average Bonchev–Trinajstić information content (AvgIpc) is 3.38.